The van der Waals surface area contributed by atoms with Gasteiger partial charge in [0.25, 0.3) is 0 Å². The fourth-order valence-corrected chi connectivity index (χ4v) is 2.69. The predicted molar refractivity (Wildman–Crippen MR) is 77.0 cm³/mol. The van der Waals surface area contributed by atoms with Crippen molar-refractivity contribution in [3.05, 3.63) is 60.3 Å². The van der Waals surface area contributed by atoms with E-state index in [1.165, 1.54) is 11.1 Å². The first-order valence-electron chi connectivity index (χ1n) is 6.35. The van der Waals surface area contributed by atoms with Crippen LogP contribution in [0, 0.1) is 6.92 Å². The molecule has 0 fully saturated rings. The summed E-state index contributed by atoms with van der Waals surface area (Å²) in [6.45, 7) is 2.11. The number of fused-ring (bicyclic) bond motifs is 5. The number of anilines is 2. The summed E-state index contributed by atoms with van der Waals surface area (Å²) in [5.74, 6) is 0. The number of para-hydroxylation sites is 2. The molecule has 0 spiro atoms. The van der Waals surface area contributed by atoms with E-state index in [1.54, 1.807) is 0 Å². The first-order chi connectivity index (χ1) is 9.34. The molecule has 19 heavy (non-hydrogen) atoms. The van der Waals surface area contributed by atoms with Gasteiger partial charge in [0.1, 0.15) is 0 Å². The highest BCUT2D eigenvalue weighted by atomic mass is 15.3. The Bertz CT molecular complexity index is 771. The first kappa shape index (κ1) is 10.4. The minimum Gasteiger partial charge on any atom is -0.353 e. The van der Waals surface area contributed by atoms with Gasteiger partial charge in [-0.05, 0) is 30.7 Å². The van der Waals surface area contributed by atoms with E-state index in [9.17, 15) is 0 Å². The molecule has 2 aromatic carbocycles. The molecule has 0 saturated carbocycles. The lowest BCUT2D eigenvalue weighted by Crippen LogP contribution is -2.01. The highest BCUT2D eigenvalue weighted by molar-refractivity contribution is 5.86. The third kappa shape index (κ3) is 1.41. The lowest BCUT2D eigenvalue weighted by Gasteiger charge is -2.11. The van der Waals surface area contributed by atoms with Crippen LogP contribution in [0.4, 0.5) is 11.4 Å². The van der Waals surface area contributed by atoms with Crippen LogP contribution in [-0.2, 0) is 0 Å². The minimum atomic E-state index is 1.09. The van der Waals surface area contributed by atoms with Crippen LogP contribution in [0.5, 0.6) is 0 Å². The Hall–Kier alpha value is -2.55. The normalized spacial score (nSPS) is 11.8. The van der Waals surface area contributed by atoms with Gasteiger partial charge in [0, 0.05) is 11.3 Å². The lowest BCUT2D eigenvalue weighted by atomic mass is 10.1. The molecule has 3 nitrogen and oxygen atoms in total. The maximum absolute atomic E-state index is 4.49. The van der Waals surface area contributed by atoms with Crippen LogP contribution < -0.4 is 5.32 Å². The van der Waals surface area contributed by atoms with E-state index < -0.39 is 0 Å². The Kier molecular flexibility index (Phi) is 2.03. The van der Waals surface area contributed by atoms with E-state index in [1.807, 2.05) is 16.9 Å². The Morgan fingerprint density at radius 3 is 2.74 bits per heavy atom. The van der Waals surface area contributed by atoms with Gasteiger partial charge in [-0.25, -0.2) is 4.68 Å². The van der Waals surface area contributed by atoms with Crippen LogP contribution in [0.2, 0.25) is 0 Å². The second-order valence-corrected chi connectivity index (χ2v) is 4.77. The van der Waals surface area contributed by atoms with E-state index in [0.29, 0.717) is 0 Å². The molecule has 0 bridgehead atoms. The number of rotatable bonds is 0. The van der Waals surface area contributed by atoms with Crippen molar-refractivity contribution in [2.24, 2.45) is 0 Å². The van der Waals surface area contributed by atoms with Crippen molar-refractivity contribution in [1.82, 2.24) is 9.78 Å². The van der Waals surface area contributed by atoms with Crippen molar-refractivity contribution < 1.29 is 0 Å². The van der Waals surface area contributed by atoms with Gasteiger partial charge in [0.2, 0.25) is 0 Å². The van der Waals surface area contributed by atoms with Crippen molar-refractivity contribution in [3.63, 3.8) is 0 Å². The average molecular weight is 247 g/mol. The van der Waals surface area contributed by atoms with Gasteiger partial charge < -0.3 is 5.32 Å². The third-order valence-corrected chi connectivity index (χ3v) is 3.56. The molecule has 3 aromatic rings. The minimum absolute atomic E-state index is 1.09. The standard InChI is InChI=1S/C16H13N3/c1-11-5-4-8-14-16(11)19-15(9-10-17-19)12-6-2-3-7-13(12)18-14/h2-10,18H,1H3. The highest BCUT2D eigenvalue weighted by Crippen LogP contribution is 2.38. The molecular formula is C16H13N3. The van der Waals surface area contributed by atoms with Crippen molar-refractivity contribution in [2.45, 2.75) is 6.92 Å². The molecule has 1 aliphatic rings. The highest BCUT2D eigenvalue weighted by Gasteiger charge is 2.19. The van der Waals surface area contributed by atoms with Crippen LogP contribution >= 0.6 is 0 Å². The summed E-state index contributed by atoms with van der Waals surface area (Å²) in [4.78, 5) is 0. The molecule has 4 rings (SSSR count). The van der Waals surface area contributed by atoms with Crippen molar-refractivity contribution >= 4 is 11.4 Å². The van der Waals surface area contributed by atoms with Gasteiger partial charge in [0.05, 0.1) is 23.3 Å². The maximum Gasteiger partial charge on any atom is 0.0916 e. The molecule has 2 heterocycles. The summed E-state index contributed by atoms with van der Waals surface area (Å²) >= 11 is 0. The molecule has 1 aromatic heterocycles. The quantitative estimate of drug-likeness (QED) is 0.510. The monoisotopic (exact) mass is 247 g/mol. The molecule has 0 amide bonds. The van der Waals surface area contributed by atoms with Crippen LogP contribution in [0.1, 0.15) is 5.56 Å². The molecule has 92 valence electrons. The van der Waals surface area contributed by atoms with E-state index in [4.69, 9.17) is 0 Å². The number of nitrogens with one attached hydrogen (secondary N) is 1. The molecule has 1 aliphatic heterocycles. The zero-order valence-electron chi connectivity index (χ0n) is 10.6. The summed E-state index contributed by atoms with van der Waals surface area (Å²) in [5.41, 5.74) is 6.84. The maximum atomic E-state index is 4.49. The third-order valence-electron chi connectivity index (χ3n) is 3.56. The van der Waals surface area contributed by atoms with E-state index in [0.717, 1.165) is 22.8 Å². The molecule has 1 N–H and O–H groups in total. The van der Waals surface area contributed by atoms with Gasteiger partial charge in [-0.15, -0.1) is 0 Å². The summed E-state index contributed by atoms with van der Waals surface area (Å²) in [6, 6.07) is 16.7. The Morgan fingerprint density at radius 1 is 0.947 bits per heavy atom. The van der Waals surface area contributed by atoms with E-state index in [-0.39, 0.29) is 0 Å². The van der Waals surface area contributed by atoms with Crippen molar-refractivity contribution in [2.75, 3.05) is 5.32 Å². The number of aromatic nitrogens is 2. The largest absolute Gasteiger partial charge is 0.353 e. The van der Waals surface area contributed by atoms with Gasteiger partial charge in [-0.1, -0.05) is 30.3 Å². The summed E-state index contributed by atoms with van der Waals surface area (Å²) in [6.07, 6.45) is 1.85. The molecular weight excluding hydrogens is 234 g/mol. The molecule has 0 unspecified atom stereocenters. The molecule has 0 atom stereocenters. The zero-order chi connectivity index (χ0) is 12.8. The smallest absolute Gasteiger partial charge is 0.0916 e. The van der Waals surface area contributed by atoms with Crippen LogP contribution in [0.25, 0.3) is 16.9 Å². The lowest BCUT2D eigenvalue weighted by molar-refractivity contribution is 0.885. The second kappa shape index (κ2) is 3.72. The van der Waals surface area contributed by atoms with Crippen molar-refractivity contribution in [3.8, 4) is 16.9 Å². The van der Waals surface area contributed by atoms with E-state index >= 15 is 0 Å². The second-order valence-electron chi connectivity index (χ2n) is 4.77. The summed E-state index contributed by atoms with van der Waals surface area (Å²) < 4.78 is 2.02. The zero-order valence-corrected chi connectivity index (χ0v) is 10.6. The number of aryl methyl sites for hydroxylation is 1. The van der Waals surface area contributed by atoms with Crippen LogP contribution in [0.3, 0.4) is 0 Å². The molecule has 0 aliphatic carbocycles. The topological polar surface area (TPSA) is 29.9 Å². The molecule has 0 radical (unpaired) electrons. The predicted octanol–water partition coefficient (Wildman–Crippen LogP) is 3.90. The number of hydrogen-bond donors (Lipinski definition) is 1. The van der Waals surface area contributed by atoms with Gasteiger partial charge in [-0.3, -0.25) is 0 Å². The van der Waals surface area contributed by atoms with E-state index in [2.05, 4.69) is 59.8 Å². The summed E-state index contributed by atoms with van der Waals surface area (Å²) in [7, 11) is 0. The fourth-order valence-electron chi connectivity index (χ4n) is 2.69. The first-order valence-corrected chi connectivity index (χ1v) is 6.35. The molecule has 0 saturated heterocycles. The number of nitrogens with zero attached hydrogens (tertiary/aromatic N) is 2. The summed E-state index contributed by atoms with van der Waals surface area (Å²) in [5, 5.41) is 8.01. The van der Waals surface area contributed by atoms with Crippen LogP contribution in [0.15, 0.2) is 54.7 Å². The Morgan fingerprint density at radius 2 is 1.79 bits per heavy atom. The SMILES string of the molecule is Cc1cccc2c1-n1nccc1-c1ccccc1N2. The Labute approximate surface area is 111 Å². The van der Waals surface area contributed by atoms with Gasteiger partial charge in [-0.2, -0.15) is 5.10 Å². The molecule has 3 heteroatoms. The van der Waals surface area contributed by atoms with Crippen LogP contribution in [-0.4, -0.2) is 9.78 Å². The van der Waals surface area contributed by atoms with Gasteiger partial charge >= 0.3 is 0 Å². The number of hydrogen-bond acceptors (Lipinski definition) is 2. The van der Waals surface area contributed by atoms with Gasteiger partial charge in [0.15, 0.2) is 0 Å². The Balaban J connectivity index is 2.13. The average Bonchev–Trinajstić information content (AvgIpc) is 2.84. The fraction of sp³-hybridized carbons (Fsp3) is 0.0625. The number of benzene rings is 2. The van der Waals surface area contributed by atoms with Crippen molar-refractivity contribution in [1.29, 1.82) is 0 Å².